The van der Waals surface area contributed by atoms with E-state index in [0.717, 1.165) is 43.0 Å². The topological polar surface area (TPSA) is 215 Å². The zero-order chi connectivity index (χ0) is 45.7. The number of hydrogen-bond donors (Lipinski definition) is 0. The lowest BCUT2D eigenvalue weighted by Crippen LogP contribution is -2.63. The van der Waals surface area contributed by atoms with Crippen LogP contribution in [-0.2, 0) is 76.5 Å². The van der Waals surface area contributed by atoms with E-state index < -0.39 is 85.1 Å². The van der Waals surface area contributed by atoms with Crippen LogP contribution in [-0.4, -0.2) is 97.7 Å². The van der Waals surface area contributed by atoms with E-state index in [1.807, 2.05) is 18.2 Å². The molecule has 3 aliphatic heterocycles. The highest BCUT2D eigenvalue weighted by Crippen LogP contribution is 2.52. The molecule has 0 radical (unpaired) electrons. The summed E-state index contributed by atoms with van der Waals surface area (Å²) < 4.78 is 56.6. The SMILES string of the molecule is COc1cc2c(cc1OC(C)=O)CCN1C2Cc2ccc(OC(C)=O)c(OC(C)=O)c2C1Cc1ccc(OC2OC(COC(C)=O)C(OC(C)=O)C(OC(C)=O)C2OC(C)=O)cc1. The molecule has 0 bridgehead atoms. The van der Waals surface area contributed by atoms with Crippen molar-refractivity contribution in [2.45, 2.75) is 111 Å². The molecule has 63 heavy (non-hydrogen) atoms. The molecule has 336 valence electrons. The fourth-order valence-corrected chi connectivity index (χ4v) is 8.31. The molecular formula is C45H49NO17. The van der Waals surface area contributed by atoms with Crippen LogP contribution in [0.1, 0.15) is 88.4 Å². The Balaban J connectivity index is 1.37. The van der Waals surface area contributed by atoms with Gasteiger partial charge >= 0.3 is 41.8 Å². The number of methoxy groups -OCH3 is 1. The number of hydrogen-bond acceptors (Lipinski definition) is 18. The summed E-state index contributed by atoms with van der Waals surface area (Å²) in [5.41, 5.74) is 4.28. The lowest BCUT2D eigenvalue weighted by molar-refractivity contribution is -0.288. The monoisotopic (exact) mass is 875 g/mol. The zero-order valence-electron chi connectivity index (χ0n) is 36.1. The lowest BCUT2D eigenvalue weighted by Gasteiger charge is -2.47. The van der Waals surface area contributed by atoms with Crippen molar-refractivity contribution in [3.8, 4) is 28.7 Å². The Morgan fingerprint density at radius 3 is 1.87 bits per heavy atom. The number of carbonyl (C=O) groups is 7. The molecule has 3 aliphatic rings. The summed E-state index contributed by atoms with van der Waals surface area (Å²) in [6.07, 6.45) is -5.42. The van der Waals surface area contributed by atoms with Crippen molar-refractivity contribution in [1.29, 1.82) is 0 Å². The van der Waals surface area contributed by atoms with Crippen LogP contribution in [0.4, 0.5) is 0 Å². The van der Waals surface area contributed by atoms with Gasteiger partial charge in [-0.3, -0.25) is 38.5 Å². The summed E-state index contributed by atoms with van der Waals surface area (Å²) in [7, 11) is 1.50. The smallest absolute Gasteiger partial charge is 0.308 e. The van der Waals surface area contributed by atoms with E-state index in [2.05, 4.69) is 4.90 Å². The predicted molar refractivity (Wildman–Crippen MR) is 216 cm³/mol. The highest BCUT2D eigenvalue weighted by atomic mass is 16.7. The van der Waals surface area contributed by atoms with Gasteiger partial charge in [0.1, 0.15) is 18.5 Å². The van der Waals surface area contributed by atoms with Gasteiger partial charge < -0.3 is 47.4 Å². The van der Waals surface area contributed by atoms with Crippen LogP contribution < -0.4 is 23.7 Å². The number of esters is 7. The summed E-state index contributed by atoms with van der Waals surface area (Å²) >= 11 is 0. The number of rotatable bonds is 13. The molecule has 7 unspecified atom stereocenters. The van der Waals surface area contributed by atoms with Crippen molar-refractivity contribution in [1.82, 2.24) is 4.90 Å². The summed E-state index contributed by atoms with van der Waals surface area (Å²) in [6.45, 7) is 8.55. The molecule has 0 N–H and O–H groups in total. The van der Waals surface area contributed by atoms with Crippen LogP contribution in [0, 0.1) is 0 Å². The Bertz CT molecular complexity index is 2270. The third-order valence-electron chi connectivity index (χ3n) is 10.5. The van der Waals surface area contributed by atoms with Crippen molar-refractivity contribution in [2.24, 2.45) is 0 Å². The second kappa shape index (κ2) is 19.7. The van der Waals surface area contributed by atoms with E-state index in [-0.39, 0.29) is 23.3 Å². The van der Waals surface area contributed by atoms with Crippen LogP contribution in [0.15, 0.2) is 48.5 Å². The van der Waals surface area contributed by atoms with Crippen LogP contribution >= 0.6 is 0 Å². The molecule has 0 aromatic heterocycles. The first-order valence-electron chi connectivity index (χ1n) is 20.2. The summed E-state index contributed by atoms with van der Waals surface area (Å²) in [5, 5.41) is 0. The normalized spacial score (nSPS) is 22.4. The fraction of sp³-hybridized carbons (Fsp3) is 0.444. The maximum Gasteiger partial charge on any atom is 0.308 e. The molecule has 18 heteroatoms. The third-order valence-corrected chi connectivity index (χ3v) is 10.5. The number of nitrogens with zero attached hydrogens (tertiary/aromatic N) is 1. The summed E-state index contributed by atoms with van der Waals surface area (Å²) in [6, 6.07) is 13.5. The molecule has 0 spiro atoms. The van der Waals surface area contributed by atoms with Gasteiger partial charge in [-0.25, -0.2) is 0 Å². The first-order valence-corrected chi connectivity index (χ1v) is 20.2. The molecule has 7 atom stereocenters. The van der Waals surface area contributed by atoms with Crippen molar-refractivity contribution in [3.63, 3.8) is 0 Å². The van der Waals surface area contributed by atoms with E-state index >= 15 is 0 Å². The maximum absolute atomic E-state index is 12.6. The second-order valence-electron chi connectivity index (χ2n) is 15.2. The van der Waals surface area contributed by atoms with E-state index in [4.69, 9.17) is 47.4 Å². The third kappa shape index (κ3) is 10.9. The molecule has 1 saturated heterocycles. The first-order chi connectivity index (χ1) is 29.9. The Morgan fingerprint density at radius 1 is 0.651 bits per heavy atom. The number of benzene rings is 3. The van der Waals surface area contributed by atoms with Gasteiger partial charge in [-0.05, 0) is 71.8 Å². The number of ether oxygens (including phenoxy) is 10. The lowest BCUT2D eigenvalue weighted by atomic mass is 9.78. The molecule has 18 nitrogen and oxygen atoms in total. The second-order valence-corrected chi connectivity index (χ2v) is 15.2. The van der Waals surface area contributed by atoms with Gasteiger partial charge in [0.25, 0.3) is 0 Å². The minimum absolute atomic E-state index is 0.0959. The molecule has 0 aliphatic carbocycles. The average Bonchev–Trinajstić information content (AvgIpc) is 3.19. The molecule has 6 rings (SSSR count). The highest BCUT2D eigenvalue weighted by molar-refractivity contribution is 5.76. The standard InChI is InChI=1S/C45H49NO17/c1-22(47)55-21-39-42(59-26(5)51)43(60-27(6)52)44(61-28(7)53)45(63-39)62-32-12-9-29(10-13-32)17-35-40-31(11-14-36(56-23(2)48)41(40)58-25(4)50)18-34-33-20-37(54-8)38(57-24(3)49)19-30(33)15-16-46(34)35/h9-14,19-20,34-35,39,42-45H,15-18,21H2,1-8H3. The molecule has 1 fully saturated rings. The first kappa shape index (κ1) is 46.0. The van der Waals surface area contributed by atoms with Gasteiger partial charge in [0.2, 0.25) is 12.4 Å². The van der Waals surface area contributed by atoms with Crippen LogP contribution in [0.25, 0.3) is 0 Å². The number of carbonyl (C=O) groups excluding carboxylic acids is 7. The van der Waals surface area contributed by atoms with E-state index in [1.54, 1.807) is 30.3 Å². The fourth-order valence-electron chi connectivity index (χ4n) is 8.31. The highest BCUT2D eigenvalue weighted by Gasteiger charge is 2.53. The van der Waals surface area contributed by atoms with Crippen molar-refractivity contribution >= 4 is 41.8 Å². The van der Waals surface area contributed by atoms with Gasteiger partial charge in [-0.15, -0.1) is 0 Å². The van der Waals surface area contributed by atoms with Crippen molar-refractivity contribution in [3.05, 3.63) is 76.3 Å². The quantitative estimate of drug-likeness (QED) is 0.132. The van der Waals surface area contributed by atoms with Gasteiger partial charge in [-0.2, -0.15) is 0 Å². The minimum Gasteiger partial charge on any atom is -0.493 e. The molecular weight excluding hydrogens is 826 g/mol. The van der Waals surface area contributed by atoms with Gasteiger partial charge in [0.05, 0.1) is 7.11 Å². The Labute approximate surface area is 362 Å². The Morgan fingerprint density at radius 2 is 1.27 bits per heavy atom. The van der Waals surface area contributed by atoms with Crippen LogP contribution in [0.3, 0.4) is 0 Å². The van der Waals surface area contributed by atoms with Gasteiger partial charge in [0, 0.05) is 72.7 Å². The van der Waals surface area contributed by atoms with Crippen LogP contribution in [0.2, 0.25) is 0 Å². The zero-order valence-corrected chi connectivity index (χ0v) is 36.1. The molecule has 3 aromatic carbocycles. The molecule has 0 amide bonds. The average molecular weight is 876 g/mol. The van der Waals surface area contributed by atoms with Crippen LogP contribution in [0.5, 0.6) is 28.7 Å². The summed E-state index contributed by atoms with van der Waals surface area (Å²) in [4.78, 5) is 87.7. The molecule has 0 saturated carbocycles. The number of fused-ring (bicyclic) bond motifs is 4. The molecule has 3 aromatic rings. The molecule has 3 heterocycles. The van der Waals surface area contributed by atoms with Crippen molar-refractivity contribution < 1.29 is 80.9 Å². The Kier molecular flexibility index (Phi) is 14.4. The Hall–Kier alpha value is -6.53. The largest absolute Gasteiger partial charge is 0.493 e. The maximum atomic E-state index is 12.6. The van der Waals surface area contributed by atoms with E-state index in [1.165, 1.54) is 34.8 Å². The minimum atomic E-state index is -1.44. The van der Waals surface area contributed by atoms with Crippen molar-refractivity contribution in [2.75, 3.05) is 20.3 Å². The summed E-state index contributed by atoms with van der Waals surface area (Å²) in [5.74, 6) is -3.47. The predicted octanol–water partition coefficient (Wildman–Crippen LogP) is 4.37. The van der Waals surface area contributed by atoms with Gasteiger partial charge in [-0.1, -0.05) is 18.2 Å². The van der Waals surface area contributed by atoms with E-state index in [9.17, 15) is 33.6 Å². The van der Waals surface area contributed by atoms with E-state index in [0.29, 0.717) is 42.9 Å². The van der Waals surface area contributed by atoms with Gasteiger partial charge in [0.15, 0.2) is 35.2 Å².